The average Bonchev–Trinajstić information content (AvgIpc) is 2.63. The van der Waals surface area contributed by atoms with Crippen LogP contribution in [0, 0.1) is 0 Å². The normalized spacial score (nSPS) is 13.9. The van der Waals surface area contributed by atoms with Crippen molar-refractivity contribution in [3.63, 3.8) is 0 Å². The number of thioether (sulfide) groups is 1. The Hall–Kier alpha value is -0.550. The molecule has 0 amide bonds. The van der Waals surface area contributed by atoms with E-state index >= 15 is 0 Å². The van der Waals surface area contributed by atoms with E-state index in [4.69, 9.17) is 0 Å². The molecule has 4 nitrogen and oxygen atoms in total. The van der Waals surface area contributed by atoms with Crippen LogP contribution in [0.1, 0.15) is 39.9 Å². The minimum Gasteiger partial charge on any atom is -0.392 e. The Morgan fingerprint density at radius 1 is 1.47 bits per heavy atom. The van der Waals surface area contributed by atoms with Gasteiger partial charge in [0.05, 0.1) is 6.10 Å². The molecule has 1 heterocycles. The fourth-order valence-electron chi connectivity index (χ4n) is 1.46. The van der Waals surface area contributed by atoms with E-state index in [-0.39, 0.29) is 10.9 Å². The van der Waals surface area contributed by atoms with Crippen molar-refractivity contribution in [2.45, 2.75) is 57.9 Å². The number of aryl methyl sites for hydroxylation is 1. The maximum absolute atomic E-state index is 9.98. The summed E-state index contributed by atoms with van der Waals surface area (Å²) in [5.41, 5.74) is 0. The molecule has 0 saturated carbocycles. The van der Waals surface area contributed by atoms with Gasteiger partial charge in [-0.3, -0.25) is 4.68 Å². The van der Waals surface area contributed by atoms with Crippen LogP contribution in [-0.2, 0) is 13.0 Å². The molecule has 0 aliphatic heterocycles. The predicted octanol–water partition coefficient (Wildman–Crippen LogP) is 2.12. The summed E-state index contributed by atoms with van der Waals surface area (Å²) in [6, 6.07) is 0. The highest BCUT2D eigenvalue weighted by Crippen LogP contribution is 2.24. The molecule has 1 aromatic heterocycles. The topological polar surface area (TPSA) is 50.9 Å². The van der Waals surface area contributed by atoms with Gasteiger partial charge in [0.25, 0.3) is 0 Å². The van der Waals surface area contributed by atoms with Crippen LogP contribution >= 0.6 is 11.8 Å². The van der Waals surface area contributed by atoms with Gasteiger partial charge in [-0.1, -0.05) is 27.7 Å². The molecule has 0 aromatic carbocycles. The molecule has 0 fully saturated rings. The van der Waals surface area contributed by atoms with Gasteiger partial charge in [0, 0.05) is 23.5 Å². The second-order valence-corrected chi connectivity index (χ2v) is 7.03. The molecule has 98 valence electrons. The van der Waals surface area contributed by atoms with Gasteiger partial charge >= 0.3 is 0 Å². The summed E-state index contributed by atoms with van der Waals surface area (Å²) in [4.78, 5) is 4.20. The number of hydrogen-bond donors (Lipinski definition) is 1. The summed E-state index contributed by atoms with van der Waals surface area (Å²) in [6.07, 6.45) is 2.83. The van der Waals surface area contributed by atoms with Crippen LogP contribution in [0.5, 0.6) is 0 Å². The summed E-state index contributed by atoms with van der Waals surface area (Å²) in [5, 5.41) is 14.1. The zero-order valence-corrected chi connectivity index (χ0v) is 12.0. The van der Waals surface area contributed by atoms with Gasteiger partial charge in [-0.2, -0.15) is 16.9 Å². The van der Waals surface area contributed by atoms with Crippen LogP contribution < -0.4 is 0 Å². The molecular weight excluding hydrogens is 234 g/mol. The summed E-state index contributed by atoms with van der Waals surface area (Å²) < 4.78 is 2.07. The van der Waals surface area contributed by atoms with Gasteiger partial charge < -0.3 is 5.11 Å². The van der Waals surface area contributed by atoms with E-state index in [2.05, 4.69) is 37.8 Å². The summed E-state index contributed by atoms with van der Waals surface area (Å²) >= 11 is 1.78. The van der Waals surface area contributed by atoms with Crippen LogP contribution in [0.2, 0.25) is 0 Å². The van der Waals surface area contributed by atoms with Gasteiger partial charge in [-0.25, -0.2) is 4.98 Å². The van der Waals surface area contributed by atoms with E-state index in [1.807, 2.05) is 4.68 Å². The van der Waals surface area contributed by atoms with E-state index in [0.29, 0.717) is 6.42 Å². The molecule has 0 spiro atoms. The van der Waals surface area contributed by atoms with Crippen molar-refractivity contribution in [2.75, 3.05) is 5.75 Å². The highest BCUT2D eigenvalue weighted by molar-refractivity contribution is 8.00. The smallest absolute Gasteiger partial charge is 0.138 e. The van der Waals surface area contributed by atoms with Crippen molar-refractivity contribution >= 4 is 11.8 Å². The van der Waals surface area contributed by atoms with Crippen LogP contribution in [0.3, 0.4) is 0 Å². The summed E-state index contributed by atoms with van der Waals surface area (Å²) in [5.74, 6) is 1.62. The quantitative estimate of drug-likeness (QED) is 0.848. The van der Waals surface area contributed by atoms with E-state index in [0.717, 1.165) is 24.5 Å². The molecule has 1 aromatic rings. The third-order valence-electron chi connectivity index (χ3n) is 2.26. The van der Waals surface area contributed by atoms with Gasteiger partial charge in [-0.15, -0.1) is 0 Å². The lowest BCUT2D eigenvalue weighted by molar-refractivity contribution is 0.195. The minimum absolute atomic E-state index is 0.193. The van der Waals surface area contributed by atoms with Gasteiger partial charge in [-0.05, 0) is 6.42 Å². The molecule has 0 aliphatic carbocycles. The van der Waals surface area contributed by atoms with E-state index in [1.165, 1.54) is 0 Å². The Morgan fingerprint density at radius 3 is 2.76 bits per heavy atom. The molecule has 0 bridgehead atoms. The largest absolute Gasteiger partial charge is 0.392 e. The standard InChI is InChI=1S/C12H23N3OS/c1-5-6-15-11(13-9-14-15)7-10(16)8-17-12(2,3)4/h9-10,16H,5-8H2,1-4H3. The monoisotopic (exact) mass is 257 g/mol. The number of rotatable bonds is 6. The first-order valence-corrected chi connectivity index (χ1v) is 7.09. The summed E-state index contributed by atoms with van der Waals surface area (Å²) in [6.45, 7) is 9.45. The number of nitrogens with zero attached hydrogens (tertiary/aromatic N) is 3. The second-order valence-electron chi connectivity index (χ2n) is 5.18. The minimum atomic E-state index is -0.348. The third-order valence-corrected chi connectivity index (χ3v) is 3.68. The van der Waals surface area contributed by atoms with Crippen LogP contribution in [0.4, 0.5) is 0 Å². The van der Waals surface area contributed by atoms with E-state index in [9.17, 15) is 5.11 Å². The second kappa shape index (κ2) is 6.40. The van der Waals surface area contributed by atoms with Crippen LogP contribution in [0.25, 0.3) is 0 Å². The van der Waals surface area contributed by atoms with Crippen LogP contribution in [-0.4, -0.2) is 36.5 Å². The van der Waals surface area contributed by atoms with Crippen LogP contribution in [0.15, 0.2) is 6.33 Å². The Kier molecular flexibility index (Phi) is 5.46. The zero-order valence-electron chi connectivity index (χ0n) is 11.2. The molecule has 1 unspecified atom stereocenters. The van der Waals surface area contributed by atoms with Crippen molar-refractivity contribution in [1.29, 1.82) is 0 Å². The summed E-state index contributed by atoms with van der Waals surface area (Å²) in [7, 11) is 0. The maximum Gasteiger partial charge on any atom is 0.138 e. The van der Waals surface area contributed by atoms with E-state index in [1.54, 1.807) is 18.1 Å². The Morgan fingerprint density at radius 2 is 2.18 bits per heavy atom. The Labute approximate surface area is 108 Å². The maximum atomic E-state index is 9.98. The lowest BCUT2D eigenvalue weighted by Crippen LogP contribution is -2.21. The van der Waals surface area contributed by atoms with Crippen molar-refractivity contribution in [3.05, 3.63) is 12.2 Å². The fourth-order valence-corrected chi connectivity index (χ4v) is 2.27. The third kappa shape index (κ3) is 5.55. The number of aromatic nitrogens is 3. The number of hydrogen-bond acceptors (Lipinski definition) is 4. The SMILES string of the molecule is CCCn1ncnc1CC(O)CSC(C)(C)C. The molecule has 1 N–H and O–H groups in total. The Bertz CT molecular complexity index is 333. The molecule has 1 rings (SSSR count). The number of aliphatic hydroxyl groups excluding tert-OH is 1. The first-order chi connectivity index (χ1) is 7.92. The first kappa shape index (κ1) is 14.5. The fraction of sp³-hybridized carbons (Fsp3) is 0.833. The molecule has 0 radical (unpaired) electrons. The molecule has 17 heavy (non-hydrogen) atoms. The van der Waals surface area contributed by atoms with Crippen molar-refractivity contribution < 1.29 is 5.11 Å². The molecule has 0 saturated heterocycles. The molecule has 5 heteroatoms. The first-order valence-electron chi connectivity index (χ1n) is 6.11. The molecule has 0 aliphatic rings. The highest BCUT2D eigenvalue weighted by atomic mass is 32.2. The highest BCUT2D eigenvalue weighted by Gasteiger charge is 2.16. The number of aliphatic hydroxyl groups is 1. The predicted molar refractivity (Wildman–Crippen MR) is 72.2 cm³/mol. The van der Waals surface area contributed by atoms with Gasteiger partial charge in [0.1, 0.15) is 12.2 Å². The lowest BCUT2D eigenvalue weighted by Gasteiger charge is -2.19. The zero-order chi connectivity index (χ0) is 12.9. The van der Waals surface area contributed by atoms with Crippen molar-refractivity contribution in [3.8, 4) is 0 Å². The molecule has 1 atom stereocenters. The van der Waals surface area contributed by atoms with Crippen molar-refractivity contribution in [1.82, 2.24) is 14.8 Å². The molecular formula is C12H23N3OS. The van der Waals surface area contributed by atoms with Gasteiger partial charge in [0.2, 0.25) is 0 Å². The lowest BCUT2D eigenvalue weighted by atomic mass is 10.2. The van der Waals surface area contributed by atoms with Gasteiger partial charge in [0.15, 0.2) is 0 Å². The van der Waals surface area contributed by atoms with E-state index < -0.39 is 0 Å². The van der Waals surface area contributed by atoms with Crippen molar-refractivity contribution in [2.24, 2.45) is 0 Å². The average molecular weight is 257 g/mol. The Balaban J connectivity index is 2.44.